The largest absolute Gasteiger partial charge is 0.477 e. The third kappa shape index (κ3) is 3.00. The van der Waals surface area contributed by atoms with E-state index < -0.39 is 5.97 Å². The van der Waals surface area contributed by atoms with Gasteiger partial charge >= 0.3 is 5.97 Å². The Balaban J connectivity index is 2.00. The number of thiophene rings is 1. The summed E-state index contributed by atoms with van der Waals surface area (Å²) in [5.41, 5.74) is 1.19. The van der Waals surface area contributed by atoms with Crippen molar-refractivity contribution in [3.63, 3.8) is 0 Å². The number of rotatable bonds is 4. The van der Waals surface area contributed by atoms with Crippen LogP contribution in [0.5, 0.6) is 0 Å². The quantitative estimate of drug-likeness (QED) is 0.886. The van der Waals surface area contributed by atoms with Gasteiger partial charge in [-0.05, 0) is 19.1 Å². The summed E-state index contributed by atoms with van der Waals surface area (Å²) in [6, 6.07) is 3.23. The van der Waals surface area contributed by atoms with E-state index in [1.807, 2.05) is 0 Å². The molecule has 6 nitrogen and oxygen atoms in total. The fourth-order valence-electron chi connectivity index (χ4n) is 1.67. The summed E-state index contributed by atoms with van der Waals surface area (Å²) >= 11 is 1.15. The Morgan fingerprint density at radius 3 is 2.74 bits per heavy atom. The van der Waals surface area contributed by atoms with E-state index in [0.29, 0.717) is 17.8 Å². The summed E-state index contributed by atoms with van der Waals surface area (Å²) in [6.07, 6.45) is 1.65. The van der Waals surface area contributed by atoms with Crippen molar-refractivity contribution >= 4 is 23.2 Å². The summed E-state index contributed by atoms with van der Waals surface area (Å²) in [5, 5.41) is 15.6. The van der Waals surface area contributed by atoms with Crippen LogP contribution in [0.3, 0.4) is 0 Å². The smallest absolute Gasteiger partial charge is 0.345 e. The molecule has 0 radical (unpaired) electrons. The van der Waals surface area contributed by atoms with Gasteiger partial charge in [-0.2, -0.15) is 5.10 Å². The number of hydrogen-bond donors (Lipinski definition) is 2. The number of amides is 1. The van der Waals surface area contributed by atoms with E-state index in [-0.39, 0.29) is 10.8 Å². The van der Waals surface area contributed by atoms with Gasteiger partial charge in [0.1, 0.15) is 4.88 Å². The van der Waals surface area contributed by atoms with Crippen LogP contribution in [0, 0.1) is 6.92 Å². The first-order valence-electron chi connectivity index (χ1n) is 5.58. The van der Waals surface area contributed by atoms with Crippen molar-refractivity contribution in [3.05, 3.63) is 39.3 Å². The Bertz CT molecular complexity index is 630. The molecule has 0 aromatic carbocycles. The molecule has 0 saturated carbocycles. The molecule has 0 aliphatic heterocycles. The van der Waals surface area contributed by atoms with Crippen molar-refractivity contribution < 1.29 is 14.7 Å². The van der Waals surface area contributed by atoms with Gasteiger partial charge < -0.3 is 10.4 Å². The third-order valence-electron chi connectivity index (χ3n) is 2.55. The molecule has 7 heteroatoms. The minimum Gasteiger partial charge on any atom is -0.477 e. The molecule has 0 bridgehead atoms. The normalized spacial score (nSPS) is 10.4. The van der Waals surface area contributed by atoms with Gasteiger partial charge in [-0.15, -0.1) is 11.3 Å². The molecule has 0 saturated heterocycles. The lowest BCUT2D eigenvalue weighted by atomic mass is 10.2. The Morgan fingerprint density at radius 1 is 1.47 bits per heavy atom. The van der Waals surface area contributed by atoms with Crippen molar-refractivity contribution in [2.24, 2.45) is 7.05 Å². The molecule has 0 spiro atoms. The van der Waals surface area contributed by atoms with Gasteiger partial charge in [0.2, 0.25) is 0 Å². The van der Waals surface area contributed by atoms with Gasteiger partial charge in [0.05, 0.1) is 17.8 Å². The predicted molar refractivity (Wildman–Crippen MR) is 70.4 cm³/mol. The SMILES string of the molecule is Cc1nn(C)cc1C(=O)NCc1ccc(C(=O)O)s1. The third-order valence-corrected chi connectivity index (χ3v) is 3.63. The Hall–Kier alpha value is -2.15. The Labute approximate surface area is 113 Å². The summed E-state index contributed by atoms with van der Waals surface area (Å²) in [7, 11) is 1.75. The van der Waals surface area contributed by atoms with Crippen LogP contribution in [0.15, 0.2) is 18.3 Å². The molecule has 2 heterocycles. The first kappa shape index (κ1) is 13.3. The predicted octanol–water partition coefficient (Wildman–Crippen LogP) is 1.42. The topological polar surface area (TPSA) is 84.2 Å². The number of carboxylic acids is 1. The summed E-state index contributed by atoms with van der Waals surface area (Å²) < 4.78 is 1.58. The number of hydrogen-bond acceptors (Lipinski definition) is 4. The standard InChI is InChI=1S/C12H13N3O3S/c1-7-9(6-15(2)14-7)11(16)13-5-8-3-4-10(19-8)12(17)18/h3-4,6H,5H2,1-2H3,(H,13,16)(H,17,18). The number of nitrogens with one attached hydrogen (secondary N) is 1. The zero-order chi connectivity index (χ0) is 14.0. The highest BCUT2D eigenvalue weighted by molar-refractivity contribution is 7.13. The molecule has 100 valence electrons. The van der Waals surface area contributed by atoms with Crippen LogP contribution < -0.4 is 5.32 Å². The van der Waals surface area contributed by atoms with Crippen LogP contribution in [-0.2, 0) is 13.6 Å². The fourth-order valence-corrected chi connectivity index (χ4v) is 2.46. The van der Waals surface area contributed by atoms with Crippen LogP contribution in [-0.4, -0.2) is 26.8 Å². The van der Waals surface area contributed by atoms with Gasteiger partial charge in [0.25, 0.3) is 5.91 Å². The molecule has 2 aromatic heterocycles. The average molecular weight is 279 g/mol. The number of aromatic nitrogens is 2. The summed E-state index contributed by atoms with van der Waals surface area (Å²) in [4.78, 5) is 23.7. The molecule has 1 amide bonds. The first-order valence-corrected chi connectivity index (χ1v) is 6.39. The van der Waals surface area contributed by atoms with Crippen LogP contribution in [0.2, 0.25) is 0 Å². The number of aromatic carboxylic acids is 1. The van der Waals surface area contributed by atoms with E-state index in [2.05, 4.69) is 10.4 Å². The second-order valence-corrected chi connectivity index (χ2v) is 5.22. The molecule has 2 N–H and O–H groups in total. The molecule has 0 unspecified atom stereocenters. The molecule has 2 rings (SSSR count). The highest BCUT2D eigenvalue weighted by atomic mass is 32.1. The lowest BCUT2D eigenvalue weighted by molar-refractivity contribution is 0.0702. The molecular formula is C12H13N3O3S. The number of carboxylic acid groups (broad SMARTS) is 1. The second-order valence-electron chi connectivity index (χ2n) is 4.06. The van der Waals surface area contributed by atoms with Crippen LogP contribution >= 0.6 is 11.3 Å². The average Bonchev–Trinajstić information content (AvgIpc) is 2.93. The van der Waals surface area contributed by atoms with Gasteiger partial charge in [-0.3, -0.25) is 9.48 Å². The number of carbonyl (C=O) groups excluding carboxylic acids is 1. The van der Waals surface area contributed by atoms with Crippen molar-refractivity contribution in [1.29, 1.82) is 0 Å². The lowest BCUT2D eigenvalue weighted by Crippen LogP contribution is -2.22. The maximum absolute atomic E-state index is 11.9. The zero-order valence-corrected chi connectivity index (χ0v) is 11.3. The second kappa shape index (κ2) is 5.23. The van der Waals surface area contributed by atoms with Crippen LogP contribution in [0.4, 0.5) is 0 Å². The van der Waals surface area contributed by atoms with Crippen LogP contribution in [0.25, 0.3) is 0 Å². The molecule has 2 aromatic rings. The van der Waals surface area contributed by atoms with Crippen molar-refractivity contribution in [2.75, 3.05) is 0 Å². The van der Waals surface area contributed by atoms with E-state index >= 15 is 0 Å². The minimum absolute atomic E-state index is 0.212. The van der Waals surface area contributed by atoms with Crippen molar-refractivity contribution in [2.45, 2.75) is 13.5 Å². The van der Waals surface area contributed by atoms with Crippen molar-refractivity contribution in [1.82, 2.24) is 15.1 Å². The van der Waals surface area contributed by atoms with E-state index in [9.17, 15) is 9.59 Å². The summed E-state index contributed by atoms with van der Waals surface area (Å²) in [6.45, 7) is 2.08. The fraction of sp³-hybridized carbons (Fsp3) is 0.250. The minimum atomic E-state index is -0.953. The highest BCUT2D eigenvalue weighted by Crippen LogP contribution is 2.16. The Kier molecular flexibility index (Phi) is 3.66. The number of carbonyl (C=O) groups is 2. The molecule has 0 aliphatic carbocycles. The first-order chi connectivity index (χ1) is 8.97. The summed E-state index contributed by atoms with van der Waals surface area (Å²) in [5.74, 6) is -1.17. The lowest BCUT2D eigenvalue weighted by Gasteiger charge is -2.01. The maximum Gasteiger partial charge on any atom is 0.345 e. The molecule has 0 fully saturated rings. The monoisotopic (exact) mass is 279 g/mol. The van der Waals surface area contributed by atoms with E-state index in [1.165, 1.54) is 6.07 Å². The van der Waals surface area contributed by atoms with E-state index in [4.69, 9.17) is 5.11 Å². The molecular weight excluding hydrogens is 266 g/mol. The van der Waals surface area contributed by atoms with E-state index in [1.54, 1.807) is 30.9 Å². The Morgan fingerprint density at radius 2 is 2.21 bits per heavy atom. The molecule has 19 heavy (non-hydrogen) atoms. The van der Waals surface area contributed by atoms with Gasteiger partial charge in [-0.25, -0.2) is 4.79 Å². The highest BCUT2D eigenvalue weighted by Gasteiger charge is 2.13. The van der Waals surface area contributed by atoms with E-state index in [0.717, 1.165) is 16.2 Å². The number of nitrogens with zero attached hydrogens (tertiary/aromatic N) is 2. The van der Waals surface area contributed by atoms with Crippen LogP contribution in [0.1, 0.15) is 30.6 Å². The van der Waals surface area contributed by atoms with Gasteiger partial charge in [0, 0.05) is 18.1 Å². The van der Waals surface area contributed by atoms with Gasteiger partial charge in [0.15, 0.2) is 0 Å². The number of aryl methyl sites for hydroxylation is 2. The molecule has 0 atom stereocenters. The van der Waals surface area contributed by atoms with Crippen molar-refractivity contribution in [3.8, 4) is 0 Å². The molecule has 0 aliphatic rings. The van der Waals surface area contributed by atoms with Gasteiger partial charge in [-0.1, -0.05) is 0 Å². The zero-order valence-electron chi connectivity index (χ0n) is 10.5. The maximum atomic E-state index is 11.9.